The molecule has 4 rings (SSSR count). The second kappa shape index (κ2) is 6.30. The molecule has 1 atom stereocenters. The Bertz CT molecular complexity index is 506. The highest BCUT2D eigenvalue weighted by Crippen LogP contribution is 2.36. The molecule has 0 aromatic carbocycles. The van der Waals surface area contributed by atoms with E-state index in [-0.39, 0.29) is 17.6 Å². The predicted octanol–water partition coefficient (Wildman–Crippen LogP) is 0.711. The van der Waals surface area contributed by atoms with Crippen molar-refractivity contribution in [3.05, 3.63) is 0 Å². The Balaban J connectivity index is 1.41. The zero-order valence-corrected chi connectivity index (χ0v) is 14.7. The fourth-order valence-electron chi connectivity index (χ4n) is 4.50. The van der Waals surface area contributed by atoms with Gasteiger partial charge in [-0.1, -0.05) is 0 Å². The first-order valence-corrected chi connectivity index (χ1v) is 9.51. The summed E-state index contributed by atoms with van der Waals surface area (Å²) in [6, 6.07) is 0. The number of amides is 2. The molecule has 0 bridgehead atoms. The lowest BCUT2D eigenvalue weighted by Crippen LogP contribution is -2.68. The van der Waals surface area contributed by atoms with Crippen molar-refractivity contribution in [2.45, 2.75) is 50.2 Å². The molecule has 134 valence electrons. The van der Waals surface area contributed by atoms with Crippen molar-refractivity contribution in [1.82, 2.24) is 14.7 Å². The zero-order chi connectivity index (χ0) is 16.7. The van der Waals surface area contributed by atoms with E-state index in [4.69, 9.17) is 4.74 Å². The van der Waals surface area contributed by atoms with Crippen LogP contribution in [0.2, 0.25) is 0 Å². The van der Waals surface area contributed by atoms with Crippen molar-refractivity contribution in [2.24, 2.45) is 5.92 Å². The number of carbonyl (C=O) groups is 2. The van der Waals surface area contributed by atoms with Crippen LogP contribution in [0.5, 0.6) is 0 Å². The van der Waals surface area contributed by atoms with E-state index in [0.29, 0.717) is 25.6 Å². The quantitative estimate of drug-likeness (QED) is 0.762. The van der Waals surface area contributed by atoms with Crippen molar-refractivity contribution < 1.29 is 14.3 Å². The number of nitrogens with zero attached hydrogens (tertiary/aromatic N) is 3. The van der Waals surface area contributed by atoms with Crippen LogP contribution in [-0.2, 0) is 14.3 Å². The van der Waals surface area contributed by atoms with E-state index in [1.807, 2.05) is 4.90 Å². The summed E-state index contributed by atoms with van der Waals surface area (Å²) in [5.74, 6) is 1.16. The monoisotopic (exact) mass is 335 g/mol. The molecule has 3 heterocycles. The van der Waals surface area contributed by atoms with Crippen LogP contribution in [0.3, 0.4) is 0 Å². The first-order chi connectivity index (χ1) is 11.6. The first kappa shape index (κ1) is 16.3. The van der Waals surface area contributed by atoms with Gasteiger partial charge in [-0.15, -0.1) is 0 Å². The maximum atomic E-state index is 13.2. The van der Waals surface area contributed by atoms with Gasteiger partial charge < -0.3 is 14.5 Å². The van der Waals surface area contributed by atoms with Gasteiger partial charge in [-0.05, 0) is 51.5 Å². The van der Waals surface area contributed by atoms with Gasteiger partial charge in [0.15, 0.2) is 0 Å². The zero-order valence-electron chi connectivity index (χ0n) is 14.7. The number of piperazine rings is 1. The summed E-state index contributed by atoms with van der Waals surface area (Å²) in [5.41, 5.74) is -0.388. The molecule has 2 amide bonds. The lowest BCUT2D eigenvalue weighted by molar-refractivity contribution is -0.158. The van der Waals surface area contributed by atoms with Gasteiger partial charge in [0.05, 0.1) is 0 Å². The van der Waals surface area contributed by atoms with Crippen LogP contribution in [0.25, 0.3) is 0 Å². The highest BCUT2D eigenvalue weighted by molar-refractivity contribution is 5.88. The van der Waals surface area contributed by atoms with Gasteiger partial charge in [0.2, 0.25) is 5.91 Å². The predicted molar refractivity (Wildman–Crippen MR) is 89.5 cm³/mol. The molecule has 6 heteroatoms. The standard InChI is InChI=1S/C18H29N3O3/c1-19-10-11-21(13-14-4-5-14)17(23)18(19)6-8-20(9-7-18)16(22)15-3-2-12-24-15/h14-15H,2-13H2,1H3. The van der Waals surface area contributed by atoms with Crippen molar-refractivity contribution in [3.8, 4) is 0 Å². The number of likely N-dealkylation sites (tertiary alicyclic amines) is 1. The maximum absolute atomic E-state index is 13.2. The van der Waals surface area contributed by atoms with E-state index in [1.165, 1.54) is 12.8 Å². The number of ether oxygens (including phenoxy) is 1. The highest BCUT2D eigenvalue weighted by Gasteiger charge is 2.50. The Hall–Kier alpha value is -1.14. The van der Waals surface area contributed by atoms with E-state index < -0.39 is 0 Å². The van der Waals surface area contributed by atoms with Gasteiger partial charge in [-0.3, -0.25) is 14.5 Å². The van der Waals surface area contributed by atoms with Crippen molar-refractivity contribution >= 4 is 11.8 Å². The van der Waals surface area contributed by atoms with Gasteiger partial charge in [0.25, 0.3) is 5.91 Å². The molecule has 0 N–H and O–H groups in total. The molecule has 1 unspecified atom stereocenters. The van der Waals surface area contributed by atoms with Crippen LogP contribution in [0.1, 0.15) is 38.5 Å². The molecule has 3 saturated heterocycles. The molecule has 0 radical (unpaired) electrons. The summed E-state index contributed by atoms with van der Waals surface area (Å²) in [4.78, 5) is 32.0. The van der Waals surface area contributed by atoms with Gasteiger partial charge in [-0.25, -0.2) is 0 Å². The molecule has 1 saturated carbocycles. The molecule has 1 spiro atoms. The molecule has 24 heavy (non-hydrogen) atoms. The van der Waals surface area contributed by atoms with Gasteiger partial charge in [-0.2, -0.15) is 0 Å². The van der Waals surface area contributed by atoms with Crippen LogP contribution in [0.15, 0.2) is 0 Å². The van der Waals surface area contributed by atoms with E-state index in [1.54, 1.807) is 0 Å². The van der Waals surface area contributed by atoms with Crippen LogP contribution in [-0.4, -0.2) is 84.5 Å². The minimum atomic E-state index is -0.388. The van der Waals surface area contributed by atoms with Crippen molar-refractivity contribution in [1.29, 1.82) is 0 Å². The summed E-state index contributed by atoms with van der Waals surface area (Å²) in [6.45, 7) is 4.78. The third kappa shape index (κ3) is 2.84. The molecule has 4 aliphatic rings. The molecular weight excluding hydrogens is 306 g/mol. The van der Waals surface area contributed by atoms with E-state index in [2.05, 4.69) is 16.8 Å². The average Bonchev–Trinajstić information content (AvgIpc) is 3.25. The summed E-state index contributed by atoms with van der Waals surface area (Å²) in [7, 11) is 2.07. The largest absolute Gasteiger partial charge is 0.368 e. The van der Waals surface area contributed by atoms with E-state index >= 15 is 0 Å². The van der Waals surface area contributed by atoms with Crippen LogP contribution >= 0.6 is 0 Å². The van der Waals surface area contributed by atoms with Crippen LogP contribution in [0, 0.1) is 5.92 Å². The minimum absolute atomic E-state index is 0.128. The molecule has 4 fully saturated rings. The second-order valence-electron chi connectivity index (χ2n) is 7.97. The highest BCUT2D eigenvalue weighted by atomic mass is 16.5. The normalized spacial score (nSPS) is 31.0. The lowest BCUT2D eigenvalue weighted by atomic mass is 9.82. The molecular formula is C18H29N3O3. The molecule has 0 aromatic heterocycles. The first-order valence-electron chi connectivity index (χ1n) is 9.51. The summed E-state index contributed by atoms with van der Waals surface area (Å²) >= 11 is 0. The van der Waals surface area contributed by atoms with Crippen LogP contribution < -0.4 is 0 Å². The maximum Gasteiger partial charge on any atom is 0.251 e. The topological polar surface area (TPSA) is 53.1 Å². The summed E-state index contributed by atoms with van der Waals surface area (Å²) < 4.78 is 5.54. The Morgan fingerprint density at radius 1 is 1.17 bits per heavy atom. The number of piperidine rings is 1. The number of hydrogen-bond acceptors (Lipinski definition) is 4. The number of carbonyl (C=O) groups excluding carboxylic acids is 2. The second-order valence-corrected chi connectivity index (χ2v) is 7.97. The van der Waals surface area contributed by atoms with E-state index in [0.717, 1.165) is 51.2 Å². The van der Waals surface area contributed by atoms with Gasteiger partial charge >= 0.3 is 0 Å². The minimum Gasteiger partial charge on any atom is -0.368 e. The Morgan fingerprint density at radius 3 is 2.54 bits per heavy atom. The average molecular weight is 335 g/mol. The van der Waals surface area contributed by atoms with Crippen molar-refractivity contribution in [2.75, 3.05) is 46.4 Å². The number of hydrogen-bond donors (Lipinski definition) is 0. The van der Waals surface area contributed by atoms with Crippen LogP contribution in [0.4, 0.5) is 0 Å². The van der Waals surface area contributed by atoms with Gasteiger partial charge in [0.1, 0.15) is 11.6 Å². The number of rotatable bonds is 3. The van der Waals surface area contributed by atoms with E-state index in [9.17, 15) is 9.59 Å². The lowest BCUT2D eigenvalue weighted by Gasteiger charge is -2.51. The number of likely N-dealkylation sites (N-methyl/N-ethyl adjacent to an activating group) is 1. The Kier molecular flexibility index (Phi) is 4.29. The fourth-order valence-corrected chi connectivity index (χ4v) is 4.50. The molecule has 6 nitrogen and oxygen atoms in total. The Morgan fingerprint density at radius 2 is 1.92 bits per heavy atom. The molecule has 0 aromatic rings. The Labute approximate surface area is 144 Å². The SMILES string of the molecule is CN1CCN(CC2CC2)C(=O)C12CCN(C(=O)C1CCCO1)CC2. The smallest absolute Gasteiger partial charge is 0.251 e. The fraction of sp³-hybridized carbons (Fsp3) is 0.889. The molecule has 1 aliphatic carbocycles. The summed E-state index contributed by atoms with van der Waals surface area (Å²) in [6.07, 6.45) is 5.63. The van der Waals surface area contributed by atoms with Gasteiger partial charge in [0, 0.05) is 39.3 Å². The third-order valence-electron chi connectivity index (χ3n) is 6.40. The third-order valence-corrected chi connectivity index (χ3v) is 6.40. The summed E-state index contributed by atoms with van der Waals surface area (Å²) in [5, 5.41) is 0. The van der Waals surface area contributed by atoms with Crippen molar-refractivity contribution in [3.63, 3.8) is 0 Å². The molecule has 3 aliphatic heterocycles.